The molecule has 2 unspecified atom stereocenters. The van der Waals surface area contributed by atoms with Crippen molar-refractivity contribution in [3.05, 3.63) is 23.8 Å². The van der Waals surface area contributed by atoms with Crippen LogP contribution in [0.5, 0.6) is 0 Å². The molecule has 0 saturated carbocycles. The Kier molecular flexibility index (Phi) is 6.46. The number of likely N-dealkylation sites (tertiary alicyclic amines) is 1. The molecule has 166 valence electrons. The molecule has 1 saturated heterocycles. The van der Waals surface area contributed by atoms with Crippen LogP contribution in [-0.2, 0) is 15.8 Å². The van der Waals surface area contributed by atoms with Gasteiger partial charge in [-0.25, -0.2) is 0 Å². The fourth-order valence-electron chi connectivity index (χ4n) is 4.00. The van der Waals surface area contributed by atoms with Crippen molar-refractivity contribution in [3.8, 4) is 0 Å². The minimum Gasteiger partial charge on any atom is -0.341 e. The highest BCUT2D eigenvalue weighted by Gasteiger charge is 2.38. The topological polar surface area (TPSA) is 40.6 Å². The molecule has 30 heavy (non-hydrogen) atoms. The molecular weight excluding hydrogens is 413 g/mol. The summed E-state index contributed by atoms with van der Waals surface area (Å²) in [6.45, 7) is 8.88. The highest BCUT2D eigenvalue weighted by atomic mass is 32.2. The lowest BCUT2D eigenvalue weighted by Crippen LogP contribution is -2.49. The monoisotopic (exact) mass is 442 g/mol. The smallest absolute Gasteiger partial charge is 0.341 e. The molecule has 3 rings (SSSR count). The van der Waals surface area contributed by atoms with Gasteiger partial charge in [-0.2, -0.15) is 13.2 Å². The maximum Gasteiger partial charge on any atom is 0.416 e. The molecule has 2 amide bonds. The zero-order valence-corrected chi connectivity index (χ0v) is 18.7. The third kappa shape index (κ3) is 4.95. The predicted octanol–water partition coefficient (Wildman–Crippen LogP) is 5.21. The van der Waals surface area contributed by atoms with Gasteiger partial charge in [0.2, 0.25) is 11.8 Å². The van der Waals surface area contributed by atoms with Crippen molar-refractivity contribution in [2.45, 2.75) is 63.3 Å². The maximum absolute atomic E-state index is 13.5. The first-order chi connectivity index (χ1) is 13.9. The molecule has 2 heterocycles. The number of thioether (sulfide) groups is 1. The molecular formula is C22H29F3N2O2S. The Morgan fingerprint density at radius 2 is 1.80 bits per heavy atom. The van der Waals surface area contributed by atoms with Crippen LogP contribution >= 0.6 is 11.8 Å². The minimum absolute atomic E-state index is 0.000183. The Morgan fingerprint density at radius 1 is 1.10 bits per heavy atom. The van der Waals surface area contributed by atoms with Gasteiger partial charge in [-0.3, -0.25) is 9.59 Å². The third-order valence-corrected chi connectivity index (χ3v) is 6.87. The van der Waals surface area contributed by atoms with E-state index in [1.54, 1.807) is 4.90 Å². The molecule has 0 aromatic heterocycles. The van der Waals surface area contributed by atoms with Gasteiger partial charge in [0.05, 0.1) is 17.2 Å². The second kappa shape index (κ2) is 8.44. The molecule has 2 atom stereocenters. The summed E-state index contributed by atoms with van der Waals surface area (Å²) in [5, 5.41) is 0.198. The number of hydrogen-bond donors (Lipinski definition) is 0. The van der Waals surface area contributed by atoms with Crippen molar-refractivity contribution in [1.82, 2.24) is 4.90 Å². The Hall–Kier alpha value is -1.70. The van der Waals surface area contributed by atoms with Crippen LogP contribution in [0, 0.1) is 11.3 Å². The Labute approximate surface area is 180 Å². The van der Waals surface area contributed by atoms with E-state index in [4.69, 9.17) is 0 Å². The van der Waals surface area contributed by atoms with Crippen molar-refractivity contribution < 1.29 is 22.8 Å². The quantitative estimate of drug-likeness (QED) is 0.600. The lowest BCUT2D eigenvalue weighted by Gasteiger charge is -2.37. The van der Waals surface area contributed by atoms with Crippen LogP contribution in [0.1, 0.15) is 52.5 Å². The maximum atomic E-state index is 13.5. The van der Waals surface area contributed by atoms with E-state index in [-0.39, 0.29) is 17.1 Å². The lowest BCUT2D eigenvalue weighted by atomic mass is 9.90. The first kappa shape index (κ1) is 23.0. The zero-order valence-electron chi connectivity index (χ0n) is 17.9. The molecule has 1 fully saturated rings. The van der Waals surface area contributed by atoms with E-state index < -0.39 is 23.1 Å². The second-order valence-corrected chi connectivity index (χ2v) is 10.7. The second-order valence-electron chi connectivity index (χ2n) is 9.23. The Morgan fingerprint density at radius 3 is 2.43 bits per heavy atom. The van der Waals surface area contributed by atoms with Crippen molar-refractivity contribution in [2.75, 3.05) is 24.5 Å². The molecule has 0 aliphatic carbocycles. The van der Waals surface area contributed by atoms with E-state index in [2.05, 4.69) is 0 Å². The van der Waals surface area contributed by atoms with Crippen LogP contribution in [0.15, 0.2) is 23.1 Å². The highest BCUT2D eigenvalue weighted by molar-refractivity contribution is 8.00. The largest absolute Gasteiger partial charge is 0.416 e. The summed E-state index contributed by atoms with van der Waals surface area (Å²) in [4.78, 5) is 30.1. The molecule has 2 aliphatic heterocycles. The van der Waals surface area contributed by atoms with Gasteiger partial charge in [-0.15, -0.1) is 11.8 Å². The summed E-state index contributed by atoms with van der Waals surface area (Å²) in [5.41, 5.74) is -0.945. The molecule has 8 heteroatoms. The van der Waals surface area contributed by atoms with Crippen LogP contribution in [0.4, 0.5) is 18.9 Å². The number of fused-ring (bicyclic) bond motifs is 1. The normalized spacial score (nSPS) is 23.0. The van der Waals surface area contributed by atoms with E-state index in [9.17, 15) is 22.8 Å². The SMILES string of the molecule is CC1CCN(C(=O)C2CCCN(C(=O)C(C)(C)C)C2)c2cc(C(F)(F)F)ccc2S1. The molecule has 0 N–H and O–H groups in total. The molecule has 0 bridgehead atoms. The molecule has 2 aliphatic rings. The van der Waals surface area contributed by atoms with Gasteiger partial charge in [-0.1, -0.05) is 27.7 Å². The average Bonchev–Trinajstić information content (AvgIpc) is 2.83. The lowest BCUT2D eigenvalue weighted by molar-refractivity contribution is -0.142. The summed E-state index contributed by atoms with van der Waals surface area (Å²) >= 11 is 1.50. The Bertz CT molecular complexity index is 820. The highest BCUT2D eigenvalue weighted by Crippen LogP contribution is 2.42. The number of benzene rings is 1. The van der Waals surface area contributed by atoms with Crippen molar-refractivity contribution in [1.29, 1.82) is 0 Å². The number of nitrogens with zero attached hydrogens (tertiary/aromatic N) is 2. The van der Waals surface area contributed by atoms with Crippen LogP contribution in [0.3, 0.4) is 0 Å². The van der Waals surface area contributed by atoms with Gasteiger partial charge in [0.25, 0.3) is 0 Å². The summed E-state index contributed by atoms with van der Waals surface area (Å²) in [6, 6.07) is 3.65. The van der Waals surface area contributed by atoms with Crippen LogP contribution < -0.4 is 4.90 Å². The summed E-state index contributed by atoms with van der Waals surface area (Å²) in [7, 11) is 0. The van der Waals surface area contributed by atoms with Gasteiger partial charge in [0.15, 0.2) is 0 Å². The fourth-order valence-corrected chi connectivity index (χ4v) is 5.09. The summed E-state index contributed by atoms with van der Waals surface area (Å²) in [6.07, 6.45) is -2.41. The van der Waals surface area contributed by atoms with Crippen LogP contribution in [0.2, 0.25) is 0 Å². The average molecular weight is 443 g/mol. The number of carbonyl (C=O) groups excluding carboxylic acids is 2. The number of hydrogen-bond acceptors (Lipinski definition) is 3. The number of halogens is 3. The zero-order chi connectivity index (χ0) is 22.3. The van der Waals surface area contributed by atoms with E-state index >= 15 is 0 Å². The van der Waals surface area contributed by atoms with Gasteiger partial charge in [-0.05, 0) is 37.5 Å². The summed E-state index contributed by atoms with van der Waals surface area (Å²) < 4.78 is 39.9. The fraction of sp³-hybridized carbons (Fsp3) is 0.636. The van der Waals surface area contributed by atoms with Crippen molar-refractivity contribution in [3.63, 3.8) is 0 Å². The van der Waals surface area contributed by atoms with E-state index in [1.165, 1.54) is 22.7 Å². The molecule has 0 radical (unpaired) electrons. The van der Waals surface area contributed by atoms with Crippen molar-refractivity contribution in [2.24, 2.45) is 11.3 Å². The van der Waals surface area contributed by atoms with Crippen LogP contribution in [0.25, 0.3) is 0 Å². The molecule has 1 aromatic rings. The molecule has 1 aromatic carbocycles. The number of anilines is 1. The third-order valence-electron chi connectivity index (χ3n) is 5.63. The molecule has 0 spiro atoms. The van der Waals surface area contributed by atoms with Gasteiger partial charge in [0, 0.05) is 35.2 Å². The summed E-state index contributed by atoms with van der Waals surface area (Å²) in [5.74, 6) is -0.581. The van der Waals surface area contributed by atoms with E-state index in [1.807, 2.05) is 27.7 Å². The first-order valence-corrected chi connectivity index (χ1v) is 11.2. The van der Waals surface area contributed by atoms with E-state index in [0.717, 1.165) is 12.1 Å². The standard InChI is InChI=1S/C22H29F3N2O2S/c1-14-9-11-27(17-12-16(22(23,24)25)7-8-18(17)30-14)19(28)15-6-5-10-26(13-15)20(29)21(2,3)4/h7-8,12,14-15H,5-6,9-11,13H2,1-4H3. The number of carbonyl (C=O) groups is 2. The van der Waals surface area contributed by atoms with Gasteiger partial charge < -0.3 is 9.80 Å². The number of alkyl halides is 3. The number of rotatable bonds is 1. The Balaban J connectivity index is 1.89. The minimum atomic E-state index is -4.47. The predicted molar refractivity (Wildman–Crippen MR) is 112 cm³/mol. The number of amides is 2. The van der Waals surface area contributed by atoms with Crippen LogP contribution in [-0.4, -0.2) is 41.6 Å². The van der Waals surface area contributed by atoms with Gasteiger partial charge in [0.1, 0.15) is 0 Å². The van der Waals surface area contributed by atoms with E-state index in [0.29, 0.717) is 49.5 Å². The molecule has 4 nitrogen and oxygen atoms in total. The number of piperidine rings is 1. The first-order valence-electron chi connectivity index (χ1n) is 10.4. The van der Waals surface area contributed by atoms with Crippen molar-refractivity contribution >= 4 is 29.3 Å². The van der Waals surface area contributed by atoms with Gasteiger partial charge >= 0.3 is 6.18 Å².